The number of nitrogens with one attached hydrogen (secondary N) is 2. The number of ether oxygens (including phenoxy) is 2. The van der Waals surface area contributed by atoms with Crippen LogP contribution in [0, 0.1) is 0 Å². The van der Waals surface area contributed by atoms with Crippen molar-refractivity contribution >= 4 is 23.2 Å². The molecule has 2 amide bonds. The van der Waals surface area contributed by atoms with Crippen LogP contribution in [0.1, 0.15) is 59.5 Å². The highest BCUT2D eigenvalue weighted by atomic mass is 16.5. The van der Waals surface area contributed by atoms with E-state index in [1.807, 2.05) is 62.4 Å². The Bertz CT molecular complexity index is 1130. The van der Waals surface area contributed by atoms with E-state index in [1.54, 1.807) is 38.1 Å². The molecule has 0 unspecified atom stereocenters. The van der Waals surface area contributed by atoms with Gasteiger partial charge in [0, 0.05) is 11.1 Å². The number of nitrogens with zero attached hydrogens (tertiary/aromatic N) is 2. The van der Waals surface area contributed by atoms with E-state index in [-0.39, 0.29) is 11.8 Å². The molecule has 0 heterocycles. The predicted molar refractivity (Wildman–Crippen MR) is 141 cm³/mol. The summed E-state index contributed by atoms with van der Waals surface area (Å²) < 4.78 is 10.9. The highest BCUT2D eigenvalue weighted by Crippen LogP contribution is 2.14. The Kier molecular flexibility index (Phi) is 9.33. The maximum Gasteiger partial charge on any atom is 0.271 e. The maximum atomic E-state index is 12.5. The van der Waals surface area contributed by atoms with E-state index in [0.717, 1.165) is 22.6 Å². The summed E-state index contributed by atoms with van der Waals surface area (Å²) in [6.07, 6.45) is 0. The van der Waals surface area contributed by atoms with Crippen LogP contribution in [0.4, 0.5) is 0 Å². The minimum Gasteiger partial charge on any atom is -0.494 e. The van der Waals surface area contributed by atoms with Gasteiger partial charge in [-0.3, -0.25) is 9.59 Å². The fourth-order valence-electron chi connectivity index (χ4n) is 3.22. The average molecular weight is 487 g/mol. The molecule has 0 aromatic heterocycles. The van der Waals surface area contributed by atoms with Crippen LogP contribution >= 0.6 is 0 Å². The second-order valence-corrected chi connectivity index (χ2v) is 7.77. The summed E-state index contributed by atoms with van der Waals surface area (Å²) in [5.74, 6) is 0.798. The SMILES string of the molecule is CCOc1ccc(/C(C)=N/NC(=O)c2ccc(C(=O)N/N=C(\C)c3ccc(OCC)cc3)cc2)cc1. The minimum absolute atomic E-state index is 0.378. The third-order valence-corrected chi connectivity index (χ3v) is 5.23. The van der Waals surface area contributed by atoms with Gasteiger partial charge >= 0.3 is 0 Å². The third kappa shape index (κ3) is 7.27. The van der Waals surface area contributed by atoms with Crippen LogP contribution in [-0.2, 0) is 0 Å². The Morgan fingerprint density at radius 3 is 1.19 bits per heavy atom. The van der Waals surface area contributed by atoms with Crippen LogP contribution < -0.4 is 20.3 Å². The topological polar surface area (TPSA) is 101 Å². The van der Waals surface area contributed by atoms with Crippen molar-refractivity contribution < 1.29 is 19.1 Å². The molecule has 0 bridgehead atoms. The summed E-state index contributed by atoms with van der Waals surface area (Å²) in [7, 11) is 0. The first-order valence-corrected chi connectivity index (χ1v) is 11.7. The number of hydrogen-bond donors (Lipinski definition) is 2. The van der Waals surface area contributed by atoms with Gasteiger partial charge < -0.3 is 9.47 Å². The van der Waals surface area contributed by atoms with Crippen molar-refractivity contribution in [3.63, 3.8) is 0 Å². The van der Waals surface area contributed by atoms with Crippen molar-refractivity contribution in [3.05, 3.63) is 95.1 Å². The molecular formula is C28H30N4O4. The monoisotopic (exact) mass is 486 g/mol. The minimum atomic E-state index is -0.378. The Hall–Kier alpha value is -4.46. The molecule has 0 spiro atoms. The van der Waals surface area contributed by atoms with Gasteiger partial charge in [0.2, 0.25) is 0 Å². The number of hydrogen-bond acceptors (Lipinski definition) is 6. The van der Waals surface area contributed by atoms with Crippen molar-refractivity contribution in [2.45, 2.75) is 27.7 Å². The molecule has 3 rings (SSSR count). The van der Waals surface area contributed by atoms with Crippen LogP contribution in [0.3, 0.4) is 0 Å². The van der Waals surface area contributed by atoms with E-state index in [0.29, 0.717) is 35.8 Å². The van der Waals surface area contributed by atoms with Gasteiger partial charge in [-0.1, -0.05) is 0 Å². The van der Waals surface area contributed by atoms with Crippen molar-refractivity contribution in [2.75, 3.05) is 13.2 Å². The first-order valence-electron chi connectivity index (χ1n) is 11.7. The second kappa shape index (κ2) is 12.9. The van der Waals surface area contributed by atoms with E-state index in [2.05, 4.69) is 21.1 Å². The van der Waals surface area contributed by atoms with E-state index in [4.69, 9.17) is 9.47 Å². The Balaban J connectivity index is 1.56. The van der Waals surface area contributed by atoms with Gasteiger partial charge in [-0.2, -0.15) is 10.2 Å². The van der Waals surface area contributed by atoms with Crippen molar-refractivity contribution in [2.24, 2.45) is 10.2 Å². The summed E-state index contributed by atoms with van der Waals surface area (Å²) in [5.41, 5.74) is 8.89. The molecule has 3 aromatic carbocycles. The first kappa shape index (κ1) is 26.2. The lowest BCUT2D eigenvalue weighted by Crippen LogP contribution is -2.21. The summed E-state index contributed by atoms with van der Waals surface area (Å²) in [6.45, 7) is 8.65. The summed E-state index contributed by atoms with van der Waals surface area (Å²) in [4.78, 5) is 24.9. The van der Waals surface area contributed by atoms with Crippen LogP contribution in [-0.4, -0.2) is 36.5 Å². The molecule has 8 heteroatoms. The van der Waals surface area contributed by atoms with Crippen LogP contribution in [0.15, 0.2) is 83.0 Å². The molecular weight excluding hydrogens is 456 g/mol. The molecule has 8 nitrogen and oxygen atoms in total. The standard InChI is InChI=1S/C28H30N4O4/c1-5-35-25-15-11-21(12-16-25)19(3)29-31-27(33)23-7-9-24(10-8-23)28(34)32-30-20(4)22-13-17-26(18-14-22)36-6-2/h7-18H,5-6H2,1-4H3,(H,31,33)(H,32,34)/b29-19+,30-20+. The van der Waals surface area contributed by atoms with Crippen molar-refractivity contribution in [3.8, 4) is 11.5 Å². The zero-order valence-corrected chi connectivity index (χ0v) is 20.9. The second-order valence-electron chi connectivity index (χ2n) is 7.77. The smallest absolute Gasteiger partial charge is 0.271 e. The van der Waals surface area contributed by atoms with Crippen molar-refractivity contribution in [1.29, 1.82) is 0 Å². The van der Waals surface area contributed by atoms with Gasteiger partial charge in [0.1, 0.15) is 11.5 Å². The lowest BCUT2D eigenvalue weighted by molar-refractivity contribution is 0.0943. The maximum absolute atomic E-state index is 12.5. The summed E-state index contributed by atoms with van der Waals surface area (Å²) in [5, 5.41) is 8.34. The van der Waals surface area contributed by atoms with Gasteiger partial charge in [-0.05, 0) is 112 Å². The van der Waals surface area contributed by atoms with Gasteiger partial charge in [-0.15, -0.1) is 0 Å². The van der Waals surface area contributed by atoms with Gasteiger partial charge in [0.15, 0.2) is 0 Å². The largest absolute Gasteiger partial charge is 0.494 e. The van der Waals surface area contributed by atoms with E-state index in [1.165, 1.54) is 0 Å². The molecule has 0 aliphatic heterocycles. The zero-order chi connectivity index (χ0) is 25.9. The zero-order valence-electron chi connectivity index (χ0n) is 20.9. The molecule has 186 valence electrons. The molecule has 3 aromatic rings. The normalized spacial score (nSPS) is 11.6. The highest BCUT2D eigenvalue weighted by Gasteiger charge is 2.09. The number of carbonyl (C=O) groups is 2. The number of benzene rings is 3. The number of hydrazone groups is 2. The van der Waals surface area contributed by atoms with Gasteiger partial charge in [0.05, 0.1) is 24.6 Å². The predicted octanol–water partition coefficient (Wildman–Crippen LogP) is 4.79. The molecule has 0 aliphatic rings. The van der Waals surface area contributed by atoms with Crippen molar-refractivity contribution in [1.82, 2.24) is 10.9 Å². The fraction of sp³-hybridized carbons (Fsp3) is 0.214. The Labute approximate surface area is 211 Å². The summed E-state index contributed by atoms with van der Waals surface area (Å²) in [6, 6.07) is 21.2. The highest BCUT2D eigenvalue weighted by molar-refractivity contribution is 6.02. The molecule has 36 heavy (non-hydrogen) atoms. The molecule has 0 aliphatic carbocycles. The van der Waals surface area contributed by atoms with Gasteiger partial charge in [-0.25, -0.2) is 10.9 Å². The molecule has 0 saturated heterocycles. The van der Waals surface area contributed by atoms with E-state index < -0.39 is 0 Å². The van der Waals surface area contributed by atoms with Crippen LogP contribution in [0.5, 0.6) is 11.5 Å². The Morgan fingerprint density at radius 1 is 0.583 bits per heavy atom. The molecule has 0 atom stereocenters. The molecule has 0 radical (unpaired) electrons. The van der Waals surface area contributed by atoms with Crippen LogP contribution in [0.25, 0.3) is 0 Å². The van der Waals surface area contributed by atoms with Crippen LogP contribution in [0.2, 0.25) is 0 Å². The third-order valence-electron chi connectivity index (χ3n) is 5.23. The number of carbonyl (C=O) groups excluding carboxylic acids is 2. The van der Waals surface area contributed by atoms with E-state index in [9.17, 15) is 9.59 Å². The first-order chi connectivity index (χ1) is 17.4. The molecule has 0 saturated carbocycles. The average Bonchev–Trinajstić information content (AvgIpc) is 2.91. The van der Waals surface area contributed by atoms with E-state index >= 15 is 0 Å². The molecule has 0 fully saturated rings. The number of amides is 2. The summed E-state index contributed by atoms with van der Waals surface area (Å²) >= 11 is 0. The fourth-order valence-corrected chi connectivity index (χ4v) is 3.22. The number of rotatable bonds is 10. The van der Waals surface area contributed by atoms with Gasteiger partial charge in [0.25, 0.3) is 11.8 Å². The lowest BCUT2D eigenvalue weighted by Gasteiger charge is -2.07. The Morgan fingerprint density at radius 2 is 0.889 bits per heavy atom. The quantitative estimate of drug-likeness (QED) is 0.318. The lowest BCUT2D eigenvalue weighted by atomic mass is 10.1. The molecule has 2 N–H and O–H groups in total.